The summed E-state index contributed by atoms with van der Waals surface area (Å²) in [5.41, 5.74) is 2.80. The minimum absolute atomic E-state index is 0.352. The molecule has 4 rings (SSSR count). The Labute approximate surface area is 120 Å². The first kappa shape index (κ1) is 12.3. The molecule has 6 heteroatoms. The predicted molar refractivity (Wildman–Crippen MR) is 70.5 cm³/mol. The fraction of sp³-hybridized carbons (Fsp3) is 0.267. The summed E-state index contributed by atoms with van der Waals surface area (Å²) in [7, 11) is 0. The molecule has 0 unspecified atom stereocenters. The molecule has 2 fully saturated rings. The van der Waals surface area contributed by atoms with Crippen molar-refractivity contribution < 1.29 is 19.1 Å². The summed E-state index contributed by atoms with van der Waals surface area (Å²) in [6.07, 6.45) is 2.91. The molecule has 21 heavy (non-hydrogen) atoms. The van der Waals surface area contributed by atoms with Crippen LogP contribution in [0.2, 0.25) is 0 Å². The Hall–Kier alpha value is -2.47. The highest BCUT2D eigenvalue weighted by molar-refractivity contribution is 6.09. The van der Waals surface area contributed by atoms with Crippen molar-refractivity contribution in [1.29, 1.82) is 0 Å². The van der Waals surface area contributed by atoms with Gasteiger partial charge in [0.2, 0.25) is 0 Å². The van der Waals surface area contributed by atoms with Crippen molar-refractivity contribution in [3.8, 4) is 0 Å². The Morgan fingerprint density at radius 2 is 1.57 bits per heavy atom. The van der Waals surface area contributed by atoms with Crippen LogP contribution in [0.25, 0.3) is 0 Å². The number of nitrogens with zero attached hydrogens (tertiary/aromatic N) is 1. The summed E-state index contributed by atoms with van der Waals surface area (Å²) in [5, 5.41) is 0.847. The Balaban J connectivity index is 1.56. The van der Waals surface area contributed by atoms with Gasteiger partial charge in [-0.3, -0.25) is 19.8 Å². The molecule has 1 N–H and O–H groups in total. The van der Waals surface area contributed by atoms with E-state index in [1.54, 1.807) is 42.5 Å². The van der Waals surface area contributed by atoms with Crippen LogP contribution in [-0.4, -0.2) is 34.9 Å². The molecule has 4 atom stereocenters. The number of hydrogen-bond acceptors (Lipinski definition) is 4. The van der Waals surface area contributed by atoms with Gasteiger partial charge in [0.1, 0.15) is 0 Å². The van der Waals surface area contributed by atoms with Gasteiger partial charge in [-0.15, -0.1) is 0 Å². The lowest BCUT2D eigenvalue weighted by Crippen LogP contribution is -2.47. The zero-order chi connectivity index (χ0) is 14.6. The molecule has 0 aromatic heterocycles. The molecule has 1 aromatic rings. The van der Waals surface area contributed by atoms with E-state index in [4.69, 9.17) is 4.74 Å². The summed E-state index contributed by atoms with van der Waals surface area (Å²) in [6.45, 7) is 0. The SMILES string of the molecule is O=C(NN1C(=O)[C@@H]2[C@@H](C1=O)[C@@H]1C=C[C@@H]2O1)c1ccccc1. The fourth-order valence-corrected chi connectivity index (χ4v) is 3.17. The molecular weight excluding hydrogens is 272 g/mol. The fourth-order valence-electron chi connectivity index (χ4n) is 3.17. The van der Waals surface area contributed by atoms with Crippen LogP contribution in [0.1, 0.15) is 10.4 Å². The van der Waals surface area contributed by atoms with Crippen LogP contribution >= 0.6 is 0 Å². The van der Waals surface area contributed by atoms with Crippen LogP contribution in [0, 0.1) is 11.8 Å². The number of ether oxygens (including phenoxy) is 1. The van der Waals surface area contributed by atoms with Crippen molar-refractivity contribution in [1.82, 2.24) is 10.4 Å². The maximum Gasteiger partial charge on any atom is 0.270 e. The van der Waals surface area contributed by atoms with Gasteiger partial charge in [0, 0.05) is 5.56 Å². The van der Waals surface area contributed by atoms with E-state index in [1.165, 1.54) is 0 Å². The lowest BCUT2D eigenvalue weighted by Gasteiger charge is -2.18. The third-order valence-corrected chi connectivity index (χ3v) is 4.16. The monoisotopic (exact) mass is 284 g/mol. The predicted octanol–water partition coefficient (Wildman–Crippen LogP) is 0.270. The van der Waals surface area contributed by atoms with Crippen LogP contribution in [-0.2, 0) is 14.3 Å². The number of benzene rings is 1. The summed E-state index contributed by atoms with van der Waals surface area (Å²) in [5.74, 6) is -2.29. The zero-order valence-corrected chi connectivity index (χ0v) is 10.9. The minimum atomic E-state index is -0.511. The van der Waals surface area contributed by atoms with Crippen molar-refractivity contribution in [2.75, 3.05) is 0 Å². The van der Waals surface area contributed by atoms with Crippen LogP contribution in [0.5, 0.6) is 0 Å². The second-order valence-electron chi connectivity index (χ2n) is 5.32. The summed E-state index contributed by atoms with van der Waals surface area (Å²) in [4.78, 5) is 36.7. The molecule has 106 valence electrons. The standard InChI is InChI=1S/C15H12N2O4/c18-13(8-4-2-1-3-5-8)16-17-14(19)11-9-6-7-10(21-9)12(11)15(17)20/h1-7,9-12H,(H,16,18)/t9-,10-,11-,12-/m0/s1. The van der Waals surface area contributed by atoms with Crippen molar-refractivity contribution in [2.45, 2.75) is 12.2 Å². The minimum Gasteiger partial charge on any atom is -0.365 e. The quantitative estimate of drug-likeness (QED) is 0.625. The summed E-state index contributed by atoms with van der Waals surface area (Å²) >= 11 is 0. The Morgan fingerprint density at radius 3 is 2.14 bits per heavy atom. The highest BCUT2D eigenvalue weighted by Crippen LogP contribution is 2.44. The molecule has 2 bridgehead atoms. The van der Waals surface area contributed by atoms with Crippen LogP contribution in [0.3, 0.4) is 0 Å². The van der Waals surface area contributed by atoms with Crippen LogP contribution < -0.4 is 5.43 Å². The first-order chi connectivity index (χ1) is 10.2. The van der Waals surface area contributed by atoms with Crippen molar-refractivity contribution in [3.05, 3.63) is 48.0 Å². The number of hydrazine groups is 1. The van der Waals surface area contributed by atoms with Gasteiger partial charge in [-0.2, -0.15) is 5.01 Å². The Kier molecular flexibility index (Phi) is 2.49. The molecule has 3 aliphatic heterocycles. The molecular formula is C15H12N2O4. The topological polar surface area (TPSA) is 75.7 Å². The molecule has 3 heterocycles. The highest BCUT2D eigenvalue weighted by Gasteiger charge is 2.61. The average Bonchev–Trinajstić information content (AvgIpc) is 3.18. The molecule has 0 saturated carbocycles. The van der Waals surface area contributed by atoms with Crippen LogP contribution in [0.4, 0.5) is 0 Å². The van der Waals surface area contributed by atoms with E-state index in [0.717, 1.165) is 5.01 Å². The van der Waals surface area contributed by atoms with Crippen molar-refractivity contribution in [2.24, 2.45) is 11.8 Å². The summed E-state index contributed by atoms with van der Waals surface area (Å²) < 4.78 is 5.53. The number of fused-ring (bicyclic) bond motifs is 5. The number of nitrogens with one attached hydrogen (secondary N) is 1. The van der Waals surface area contributed by atoms with E-state index in [-0.39, 0.29) is 12.2 Å². The normalized spacial score (nSPS) is 32.7. The number of carbonyl (C=O) groups excluding carboxylic acids is 3. The maximum absolute atomic E-state index is 12.3. The van der Waals surface area contributed by atoms with Gasteiger partial charge < -0.3 is 4.74 Å². The number of hydrogen-bond donors (Lipinski definition) is 1. The van der Waals surface area contributed by atoms with Gasteiger partial charge in [0.15, 0.2) is 0 Å². The lowest BCUT2D eigenvalue weighted by molar-refractivity contribution is -0.145. The van der Waals surface area contributed by atoms with E-state index >= 15 is 0 Å². The molecule has 2 saturated heterocycles. The van der Waals surface area contributed by atoms with Gasteiger partial charge in [-0.25, -0.2) is 0 Å². The van der Waals surface area contributed by atoms with E-state index < -0.39 is 29.6 Å². The summed E-state index contributed by atoms with van der Waals surface area (Å²) in [6, 6.07) is 8.46. The van der Waals surface area contributed by atoms with Crippen molar-refractivity contribution in [3.63, 3.8) is 0 Å². The first-order valence-corrected chi connectivity index (χ1v) is 6.74. The molecule has 1 aromatic carbocycles. The van der Waals surface area contributed by atoms with Gasteiger partial charge >= 0.3 is 0 Å². The number of rotatable bonds is 2. The third kappa shape index (κ3) is 1.66. The molecule has 6 nitrogen and oxygen atoms in total. The Bertz CT molecular complexity index is 640. The third-order valence-electron chi connectivity index (χ3n) is 4.16. The number of imide groups is 1. The van der Waals surface area contributed by atoms with E-state index in [0.29, 0.717) is 5.56 Å². The molecule has 0 aliphatic carbocycles. The molecule has 0 radical (unpaired) electrons. The van der Waals surface area contributed by atoms with Crippen LogP contribution in [0.15, 0.2) is 42.5 Å². The first-order valence-electron chi connectivity index (χ1n) is 6.74. The average molecular weight is 284 g/mol. The van der Waals surface area contributed by atoms with Gasteiger partial charge in [0.25, 0.3) is 17.7 Å². The number of carbonyl (C=O) groups is 3. The zero-order valence-electron chi connectivity index (χ0n) is 10.9. The Morgan fingerprint density at radius 1 is 1.00 bits per heavy atom. The highest BCUT2D eigenvalue weighted by atomic mass is 16.5. The van der Waals surface area contributed by atoms with Gasteiger partial charge in [-0.1, -0.05) is 30.4 Å². The largest absolute Gasteiger partial charge is 0.365 e. The number of amides is 3. The smallest absolute Gasteiger partial charge is 0.270 e. The van der Waals surface area contributed by atoms with E-state index in [9.17, 15) is 14.4 Å². The van der Waals surface area contributed by atoms with Gasteiger partial charge in [-0.05, 0) is 12.1 Å². The van der Waals surface area contributed by atoms with Crippen molar-refractivity contribution >= 4 is 17.7 Å². The van der Waals surface area contributed by atoms with Gasteiger partial charge in [0.05, 0.1) is 24.0 Å². The molecule has 3 amide bonds. The molecule has 0 spiro atoms. The maximum atomic E-state index is 12.3. The second-order valence-corrected chi connectivity index (χ2v) is 5.32. The van der Waals surface area contributed by atoms with E-state index in [2.05, 4.69) is 5.43 Å². The van der Waals surface area contributed by atoms with E-state index in [1.807, 2.05) is 0 Å². The second kappa shape index (κ2) is 4.26. The lowest BCUT2D eigenvalue weighted by atomic mass is 9.85. The molecule has 3 aliphatic rings.